The van der Waals surface area contributed by atoms with Gasteiger partial charge in [0.25, 0.3) is 5.91 Å². The van der Waals surface area contributed by atoms with E-state index in [-0.39, 0.29) is 11.6 Å². The fourth-order valence-electron chi connectivity index (χ4n) is 2.52. The van der Waals surface area contributed by atoms with Gasteiger partial charge in [0.2, 0.25) is 0 Å². The number of halogens is 2. The number of carbonyl (C=O) groups is 1. The van der Waals surface area contributed by atoms with Crippen molar-refractivity contribution in [3.8, 4) is 0 Å². The van der Waals surface area contributed by atoms with Crippen molar-refractivity contribution in [2.24, 2.45) is 0 Å². The molecule has 23 heavy (non-hydrogen) atoms. The molecule has 0 aliphatic rings. The number of carbonyl (C=O) groups excluding carboxylic acids is 1. The lowest BCUT2D eigenvalue weighted by Gasteiger charge is -2.14. The Hall–Kier alpha value is -2.27. The number of thiophene rings is 1. The Morgan fingerprint density at radius 1 is 1.17 bits per heavy atom. The minimum absolute atomic E-state index is 0.117. The zero-order valence-corrected chi connectivity index (χ0v) is 13.3. The van der Waals surface area contributed by atoms with E-state index in [1.54, 1.807) is 11.3 Å². The summed E-state index contributed by atoms with van der Waals surface area (Å²) in [5.41, 5.74) is 1.29. The molecule has 1 heterocycles. The summed E-state index contributed by atoms with van der Waals surface area (Å²) in [5, 5.41) is 6.10. The van der Waals surface area contributed by atoms with E-state index in [4.69, 9.17) is 0 Å². The summed E-state index contributed by atoms with van der Waals surface area (Å²) in [6.45, 7) is 1.89. The van der Waals surface area contributed by atoms with Crippen LogP contribution < -0.4 is 5.32 Å². The second-order valence-corrected chi connectivity index (χ2v) is 6.38. The molecule has 0 spiro atoms. The molecule has 1 amide bonds. The average molecular weight is 331 g/mol. The predicted molar refractivity (Wildman–Crippen MR) is 88.8 cm³/mol. The molecule has 3 aromatic rings. The highest BCUT2D eigenvalue weighted by atomic mass is 32.1. The SMILES string of the molecule is C[C@@H](Cc1csc2ccccc12)NC(=O)c1ccc(F)c(F)c1. The molecule has 2 nitrogen and oxygen atoms in total. The third-order valence-corrected chi connectivity index (χ3v) is 4.66. The van der Waals surface area contributed by atoms with Crippen LogP contribution in [0.2, 0.25) is 0 Å². The van der Waals surface area contributed by atoms with Gasteiger partial charge in [-0.15, -0.1) is 11.3 Å². The van der Waals surface area contributed by atoms with Gasteiger partial charge in [-0.3, -0.25) is 4.79 Å². The van der Waals surface area contributed by atoms with E-state index in [0.717, 1.165) is 12.1 Å². The van der Waals surface area contributed by atoms with Gasteiger partial charge in [0.15, 0.2) is 11.6 Å². The van der Waals surface area contributed by atoms with Crippen LogP contribution in [-0.2, 0) is 6.42 Å². The summed E-state index contributed by atoms with van der Waals surface area (Å²) >= 11 is 1.67. The van der Waals surface area contributed by atoms with E-state index in [1.165, 1.54) is 21.7 Å². The van der Waals surface area contributed by atoms with Crippen LogP contribution in [0.1, 0.15) is 22.8 Å². The highest BCUT2D eigenvalue weighted by Gasteiger charge is 2.14. The van der Waals surface area contributed by atoms with Crippen molar-refractivity contribution in [3.63, 3.8) is 0 Å². The lowest BCUT2D eigenvalue weighted by atomic mass is 10.1. The largest absolute Gasteiger partial charge is 0.349 e. The summed E-state index contributed by atoms with van der Waals surface area (Å²) < 4.78 is 27.3. The van der Waals surface area contributed by atoms with Gasteiger partial charge < -0.3 is 5.32 Å². The van der Waals surface area contributed by atoms with Gasteiger partial charge in [-0.25, -0.2) is 8.78 Å². The molecule has 2 aromatic carbocycles. The van der Waals surface area contributed by atoms with Gasteiger partial charge in [0.05, 0.1) is 0 Å². The van der Waals surface area contributed by atoms with Crippen LogP contribution in [0.25, 0.3) is 10.1 Å². The van der Waals surface area contributed by atoms with E-state index in [0.29, 0.717) is 6.42 Å². The Kier molecular flexibility index (Phi) is 4.39. The van der Waals surface area contributed by atoms with Gasteiger partial charge in [-0.2, -0.15) is 0 Å². The number of nitrogens with one attached hydrogen (secondary N) is 1. The maximum absolute atomic E-state index is 13.2. The molecule has 0 aliphatic heterocycles. The third kappa shape index (κ3) is 3.40. The van der Waals surface area contributed by atoms with Crippen molar-refractivity contribution < 1.29 is 13.6 Å². The van der Waals surface area contributed by atoms with Crippen molar-refractivity contribution in [2.45, 2.75) is 19.4 Å². The van der Waals surface area contributed by atoms with Crippen LogP contribution in [0.15, 0.2) is 47.8 Å². The summed E-state index contributed by atoms with van der Waals surface area (Å²) in [6, 6.07) is 11.1. The van der Waals surface area contributed by atoms with E-state index in [9.17, 15) is 13.6 Å². The third-order valence-electron chi connectivity index (χ3n) is 3.65. The van der Waals surface area contributed by atoms with E-state index in [1.807, 2.05) is 19.1 Å². The molecule has 0 saturated carbocycles. The Labute approximate surface area is 136 Å². The maximum atomic E-state index is 13.2. The number of benzene rings is 2. The Morgan fingerprint density at radius 2 is 1.96 bits per heavy atom. The van der Waals surface area contributed by atoms with Gasteiger partial charge in [0.1, 0.15) is 0 Å². The molecule has 5 heteroatoms. The Bertz CT molecular complexity index is 859. The molecule has 0 radical (unpaired) electrons. The van der Waals surface area contributed by atoms with Gasteiger partial charge in [0, 0.05) is 16.3 Å². The molecular weight excluding hydrogens is 316 g/mol. The molecule has 0 aliphatic carbocycles. The smallest absolute Gasteiger partial charge is 0.251 e. The first kappa shape index (κ1) is 15.6. The molecule has 1 aromatic heterocycles. The number of hydrogen-bond donors (Lipinski definition) is 1. The summed E-state index contributed by atoms with van der Waals surface area (Å²) in [7, 11) is 0. The molecule has 0 saturated heterocycles. The maximum Gasteiger partial charge on any atom is 0.251 e. The highest BCUT2D eigenvalue weighted by Crippen LogP contribution is 2.26. The Balaban J connectivity index is 1.70. The van der Waals surface area contributed by atoms with E-state index < -0.39 is 17.5 Å². The molecular formula is C18H15F2NOS. The van der Waals surface area contributed by atoms with Crippen molar-refractivity contribution in [1.29, 1.82) is 0 Å². The lowest BCUT2D eigenvalue weighted by molar-refractivity contribution is 0.0939. The standard InChI is InChI=1S/C18H15F2NOS/c1-11(8-13-10-23-17-5-3-2-4-14(13)17)21-18(22)12-6-7-15(19)16(20)9-12/h2-7,9-11H,8H2,1H3,(H,21,22)/t11-/m0/s1. The first-order chi connectivity index (χ1) is 11.0. The Morgan fingerprint density at radius 3 is 2.74 bits per heavy atom. The summed E-state index contributed by atoms with van der Waals surface area (Å²) in [4.78, 5) is 12.1. The van der Waals surface area contributed by atoms with Crippen molar-refractivity contribution in [2.75, 3.05) is 0 Å². The second kappa shape index (κ2) is 6.46. The number of hydrogen-bond acceptors (Lipinski definition) is 2. The molecule has 1 atom stereocenters. The summed E-state index contributed by atoms with van der Waals surface area (Å²) in [6.07, 6.45) is 0.680. The zero-order valence-electron chi connectivity index (χ0n) is 12.5. The first-order valence-electron chi connectivity index (χ1n) is 7.25. The topological polar surface area (TPSA) is 29.1 Å². The molecule has 118 valence electrons. The fourth-order valence-corrected chi connectivity index (χ4v) is 3.49. The van der Waals surface area contributed by atoms with Crippen LogP contribution in [-0.4, -0.2) is 11.9 Å². The minimum Gasteiger partial charge on any atom is -0.349 e. The minimum atomic E-state index is -1.02. The average Bonchev–Trinajstić information content (AvgIpc) is 2.93. The van der Waals surface area contributed by atoms with Crippen LogP contribution in [0.3, 0.4) is 0 Å². The highest BCUT2D eigenvalue weighted by molar-refractivity contribution is 7.17. The van der Waals surface area contributed by atoms with E-state index in [2.05, 4.69) is 22.8 Å². The monoisotopic (exact) mass is 331 g/mol. The summed E-state index contributed by atoms with van der Waals surface area (Å²) in [5.74, 6) is -2.38. The van der Waals surface area contributed by atoms with Crippen molar-refractivity contribution in [3.05, 3.63) is 70.6 Å². The number of fused-ring (bicyclic) bond motifs is 1. The van der Waals surface area contributed by atoms with Crippen LogP contribution in [0, 0.1) is 11.6 Å². The van der Waals surface area contributed by atoms with Crippen LogP contribution in [0.5, 0.6) is 0 Å². The van der Waals surface area contributed by atoms with Crippen molar-refractivity contribution >= 4 is 27.3 Å². The number of amides is 1. The van der Waals surface area contributed by atoms with Crippen LogP contribution in [0.4, 0.5) is 8.78 Å². The van der Waals surface area contributed by atoms with Crippen molar-refractivity contribution in [1.82, 2.24) is 5.32 Å². The molecule has 3 rings (SSSR count). The second-order valence-electron chi connectivity index (χ2n) is 5.46. The van der Waals surface area contributed by atoms with E-state index >= 15 is 0 Å². The fraction of sp³-hybridized carbons (Fsp3) is 0.167. The molecule has 0 fully saturated rings. The lowest BCUT2D eigenvalue weighted by Crippen LogP contribution is -2.34. The molecule has 0 bridgehead atoms. The van der Waals surface area contributed by atoms with Gasteiger partial charge >= 0.3 is 0 Å². The quantitative estimate of drug-likeness (QED) is 0.747. The normalized spacial score (nSPS) is 12.3. The predicted octanol–water partition coefficient (Wildman–Crippen LogP) is 4.54. The molecule has 0 unspecified atom stereocenters. The van der Waals surface area contributed by atoms with Gasteiger partial charge in [-0.05, 0) is 53.9 Å². The zero-order chi connectivity index (χ0) is 16.4. The van der Waals surface area contributed by atoms with Gasteiger partial charge in [-0.1, -0.05) is 18.2 Å². The molecule has 1 N–H and O–H groups in total. The first-order valence-corrected chi connectivity index (χ1v) is 8.13. The number of rotatable bonds is 4. The van der Waals surface area contributed by atoms with Crippen LogP contribution >= 0.6 is 11.3 Å².